The number of nitrogens with one attached hydrogen (secondary N) is 1. The van der Waals surface area contributed by atoms with Gasteiger partial charge >= 0.3 is 0 Å². The highest BCUT2D eigenvalue weighted by Gasteiger charge is 2.18. The van der Waals surface area contributed by atoms with Gasteiger partial charge in [-0.05, 0) is 49.3 Å². The van der Waals surface area contributed by atoms with Crippen molar-refractivity contribution in [2.24, 2.45) is 11.8 Å². The maximum absolute atomic E-state index is 3.63. The summed E-state index contributed by atoms with van der Waals surface area (Å²) in [5.41, 5.74) is 3.90. The number of anilines is 2. The van der Waals surface area contributed by atoms with Crippen LogP contribution in [0.15, 0.2) is 18.2 Å². The Morgan fingerprint density at radius 2 is 2.05 bits per heavy atom. The number of aryl methyl sites for hydroxylation is 1. The largest absolute Gasteiger partial charge is 0.385 e. The van der Waals surface area contributed by atoms with Crippen LogP contribution in [-0.4, -0.2) is 20.6 Å². The van der Waals surface area contributed by atoms with Crippen molar-refractivity contribution in [3.63, 3.8) is 0 Å². The lowest BCUT2D eigenvalue weighted by Gasteiger charge is -2.27. The van der Waals surface area contributed by atoms with Crippen LogP contribution in [0.4, 0.5) is 11.4 Å². The number of benzene rings is 1. The summed E-state index contributed by atoms with van der Waals surface area (Å²) in [5.74, 6) is 1.77. The van der Waals surface area contributed by atoms with Crippen molar-refractivity contribution in [1.82, 2.24) is 0 Å². The minimum absolute atomic E-state index is 0.854. The minimum atomic E-state index is 0.854. The second-order valence-electron chi connectivity index (χ2n) is 6.41. The first-order chi connectivity index (χ1) is 9.06. The number of hydrogen-bond donors (Lipinski definition) is 1. The van der Waals surface area contributed by atoms with Crippen molar-refractivity contribution in [1.29, 1.82) is 0 Å². The molecular weight excluding hydrogens is 232 g/mol. The zero-order chi connectivity index (χ0) is 13.8. The van der Waals surface area contributed by atoms with Gasteiger partial charge in [0.1, 0.15) is 0 Å². The molecule has 2 heteroatoms. The molecule has 0 bridgehead atoms. The first kappa shape index (κ1) is 14.2. The molecule has 1 N–H and O–H groups in total. The van der Waals surface area contributed by atoms with Gasteiger partial charge in [-0.15, -0.1) is 0 Å². The fourth-order valence-electron chi connectivity index (χ4n) is 3.21. The van der Waals surface area contributed by atoms with Crippen LogP contribution < -0.4 is 10.2 Å². The van der Waals surface area contributed by atoms with Crippen LogP contribution in [0.5, 0.6) is 0 Å². The van der Waals surface area contributed by atoms with E-state index in [-0.39, 0.29) is 0 Å². The Labute approximate surface area is 118 Å². The van der Waals surface area contributed by atoms with Gasteiger partial charge in [-0.25, -0.2) is 0 Å². The number of rotatable bonds is 4. The van der Waals surface area contributed by atoms with Crippen molar-refractivity contribution >= 4 is 11.4 Å². The van der Waals surface area contributed by atoms with Crippen molar-refractivity contribution in [3.8, 4) is 0 Å². The van der Waals surface area contributed by atoms with E-state index in [1.54, 1.807) is 0 Å². The molecule has 1 aliphatic rings. The Balaban J connectivity index is 1.94. The van der Waals surface area contributed by atoms with E-state index >= 15 is 0 Å². The number of nitrogens with zero attached hydrogens (tertiary/aromatic N) is 1. The zero-order valence-electron chi connectivity index (χ0n) is 12.9. The van der Waals surface area contributed by atoms with Gasteiger partial charge in [0.2, 0.25) is 0 Å². The molecule has 0 heterocycles. The second kappa shape index (κ2) is 6.31. The lowest BCUT2D eigenvalue weighted by atomic mass is 9.82. The summed E-state index contributed by atoms with van der Waals surface area (Å²) >= 11 is 0. The normalized spacial score (nSPS) is 23.2. The van der Waals surface area contributed by atoms with Crippen LogP contribution in [-0.2, 0) is 0 Å². The third kappa shape index (κ3) is 3.89. The van der Waals surface area contributed by atoms with Crippen molar-refractivity contribution < 1.29 is 0 Å². The molecule has 0 amide bonds. The van der Waals surface area contributed by atoms with Crippen LogP contribution in [0, 0.1) is 18.8 Å². The summed E-state index contributed by atoms with van der Waals surface area (Å²) < 4.78 is 0. The van der Waals surface area contributed by atoms with E-state index in [9.17, 15) is 0 Å². The predicted molar refractivity (Wildman–Crippen MR) is 85.1 cm³/mol. The van der Waals surface area contributed by atoms with E-state index in [2.05, 4.69) is 56.4 Å². The maximum Gasteiger partial charge on any atom is 0.0411 e. The fraction of sp³-hybridized carbons (Fsp3) is 0.647. The highest BCUT2D eigenvalue weighted by molar-refractivity contribution is 5.61. The van der Waals surface area contributed by atoms with Gasteiger partial charge in [0.05, 0.1) is 0 Å². The summed E-state index contributed by atoms with van der Waals surface area (Å²) in [6.45, 7) is 5.68. The molecule has 1 fully saturated rings. The molecule has 1 saturated carbocycles. The molecule has 1 aromatic rings. The maximum atomic E-state index is 3.63. The molecule has 0 spiro atoms. The quantitative estimate of drug-likeness (QED) is 0.868. The highest BCUT2D eigenvalue weighted by atomic mass is 15.1. The average Bonchev–Trinajstić information content (AvgIpc) is 2.37. The van der Waals surface area contributed by atoms with Gasteiger partial charge in [0, 0.05) is 32.0 Å². The topological polar surface area (TPSA) is 15.3 Å². The third-order valence-corrected chi connectivity index (χ3v) is 4.33. The lowest BCUT2D eigenvalue weighted by molar-refractivity contribution is 0.293. The number of hydrogen-bond acceptors (Lipinski definition) is 2. The van der Waals surface area contributed by atoms with Gasteiger partial charge in [0.15, 0.2) is 0 Å². The van der Waals surface area contributed by atoms with Crippen molar-refractivity contribution in [2.75, 3.05) is 30.9 Å². The first-order valence-electron chi connectivity index (χ1n) is 7.58. The van der Waals surface area contributed by atoms with E-state index in [4.69, 9.17) is 0 Å². The fourth-order valence-corrected chi connectivity index (χ4v) is 3.21. The molecule has 0 aromatic heterocycles. The average molecular weight is 260 g/mol. The SMILES string of the molecule is Cc1ccc(NCC2CCCC(C)C2)cc1N(C)C. The molecule has 1 aromatic carbocycles. The second-order valence-corrected chi connectivity index (χ2v) is 6.41. The van der Waals surface area contributed by atoms with Gasteiger partial charge in [-0.1, -0.05) is 25.8 Å². The Bertz CT molecular complexity index is 412. The molecule has 2 nitrogen and oxygen atoms in total. The Morgan fingerprint density at radius 1 is 1.26 bits per heavy atom. The monoisotopic (exact) mass is 260 g/mol. The third-order valence-electron chi connectivity index (χ3n) is 4.33. The molecule has 1 aliphatic carbocycles. The van der Waals surface area contributed by atoms with E-state index in [0.29, 0.717) is 0 Å². The van der Waals surface area contributed by atoms with Crippen molar-refractivity contribution in [2.45, 2.75) is 39.5 Å². The Morgan fingerprint density at radius 3 is 2.74 bits per heavy atom. The van der Waals surface area contributed by atoms with Gasteiger partial charge in [-0.2, -0.15) is 0 Å². The van der Waals surface area contributed by atoms with Crippen LogP contribution >= 0.6 is 0 Å². The summed E-state index contributed by atoms with van der Waals surface area (Å²) in [7, 11) is 4.21. The molecule has 2 unspecified atom stereocenters. The smallest absolute Gasteiger partial charge is 0.0411 e. The Hall–Kier alpha value is -1.18. The standard InChI is InChI=1S/C17H28N2/c1-13-6-5-7-15(10-13)12-18-16-9-8-14(2)17(11-16)19(3)4/h8-9,11,13,15,18H,5-7,10,12H2,1-4H3. The van der Waals surface area contributed by atoms with E-state index < -0.39 is 0 Å². The van der Waals surface area contributed by atoms with Gasteiger partial charge < -0.3 is 10.2 Å². The molecule has 19 heavy (non-hydrogen) atoms. The Kier molecular flexibility index (Phi) is 4.73. The predicted octanol–water partition coefficient (Wildman–Crippen LogP) is 4.30. The van der Waals surface area contributed by atoms with Crippen LogP contribution in [0.25, 0.3) is 0 Å². The van der Waals surface area contributed by atoms with Crippen LogP contribution in [0.3, 0.4) is 0 Å². The summed E-state index contributed by atoms with van der Waals surface area (Å²) in [5, 5.41) is 3.63. The van der Waals surface area contributed by atoms with Gasteiger partial charge in [0.25, 0.3) is 0 Å². The molecular formula is C17H28N2. The highest BCUT2D eigenvalue weighted by Crippen LogP contribution is 2.29. The van der Waals surface area contributed by atoms with Crippen molar-refractivity contribution in [3.05, 3.63) is 23.8 Å². The van der Waals surface area contributed by atoms with E-state index in [1.807, 2.05) is 0 Å². The van der Waals surface area contributed by atoms with E-state index in [1.165, 1.54) is 42.6 Å². The van der Waals surface area contributed by atoms with Gasteiger partial charge in [-0.3, -0.25) is 0 Å². The van der Waals surface area contributed by atoms with Crippen LogP contribution in [0.1, 0.15) is 38.2 Å². The molecule has 106 valence electrons. The first-order valence-corrected chi connectivity index (χ1v) is 7.58. The summed E-state index contributed by atoms with van der Waals surface area (Å²) in [4.78, 5) is 2.18. The molecule has 2 rings (SSSR count). The summed E-state index contributed by atoms with van der Waals surface area (Å²) in [6.07, 6.45) is 5.61. The molecule has 0 saturated heterocycles. The lowest BCUT2D eigenvalue weighted by Crippen LogP contribution is -2.21. The van der Waals surface area contributed by atoms with E-state index in [0.717, 1.165) is 18.4 Å². The molecule has 0 aliphatic heterocycles. The minimum Gasteiger partial charge on any atom is -0.385 e. The summed E-state index contributed by atoms with van der Waals surface area (Å²) in [6, 6.07) is 6.68. The van der Waals surface area contributed by atoms with Crippen LogP contribution in [0.2, 0.25) is 0 Å². The zero-order valence-corrected chi connectivity index (χ0v) is 12.9. The molecule has 0 radical (unpaired) electrons. The molecule has 2 atom stereocenters.